The number of benzene rings is 1. The van der Waals surface area contributed by atoms with Gasteiger partial charge in [0, 0.05) is 27.6 Å². The number of carbonyl (C=O) groups excluding carboxylic acids is 1. The quantitative estimate of drug-likeness (QED) is 0.666. The van der Waals surface area contributed by atoms with Crippen molar-refractivity contribution in [2.45, 2.75) is 6.92 Å². The van der Waals surface area contributed by atoms with Gasteiger partial charge in [0.25, 0.3) is 0 Å². The fourth-order valence-electron chi connectivity index (χ4n) is 2.16. The van der Waals surface area contributed by atoms with Crippen molar-refractivity contribution >= 4 is 40.3 Å². The number of aldehydes is 1. The predicted molar refractivity (Wildman–Crippen MR) is 78.0 cm³/mol. The van der Waals surface area contributed by atoms with Crippen molar-refractivity contribution in [3.8, 4) is 11.3 Å². The highest BCUT2D eigenvalue weighted by Gasteiger charge is 2.17. The highest BCUT2D eigenvalue weighted by atomic mass is 35.5. The van der Waals surface area contributed by atoms with Gasteiger partial charge in [-0.1, -0.05) is 17.7 Å². The first-order valence-corrected chi connectivity index (χ1v) is 6.88. The normalized spacial score (nSPS) is 10.8. The van der Waals surface area contributed by atoms with Gasteiger partial charge in [-0.05, 0) is 36.7 Å². The monoisotopic (exact) mass is 288 g/mol. The Hall–Kier alpha value is -1.78. The Morgan fingerprint density at radius 2 is 2.16 bits per heavy atom. The standard InChI is InChI=1S/C14H9ClN2OS/c1-8-9(7-18)13(12-5-6-19-17-12)14-10(15)3-2-4-11(14)16-8/h2-7H,1H3. The van der Waals surface area contributed by atoms with Crippen LogP contribution in [0.15, 0.2) is 29.6 Å². The van der Waals surface area contributed by atoms with Crippen molar-refractivity contribution in [2.24, 2.45) is 0 Å². The van der Waals surface area contributed by atoms with Crippen molar-refractivity contribution in [1.29, 1.82) is 0 Å². The summed E-state index contributed by atoms with van der Waals surface area (Å²) >= 11 is 7.62. The molecule has 0 aliphatic rings. The van der Waals surface area contributed by atoms with Crippen molar-refractivity contribution in [1.82, 2.24) is 9.36 Å². The molecule has 19 heavy (non-hydrogen) atoms. The number of carbonyl (C=O) groups is 1. The van der Waals surface area contributed by atoms with Crippen LogP contribution in [0.25, 0.3) is 22.2 Å². The van der Waals surface area contributed by atoms with Crippen molar-refractivity contribution < 1.29 is 4.79 Å². The van der Waals surface area contributed by atoms with Gasteiger partial charge < -0.3 is 0 Å². The molecular formula is C14H9ClN2OS. The lowest BCUT2D eigenvalue weighted by Gasteiger charge is -2.11. The second kappa shape index (κ2) is 4.72. The number of nitrogens with zero attached hydrogens (tertiary/aromatic N) is 2. The number of hydrogen-bond donors (Lipinski definition) is 0. The lowest BCUT2D eigenvalue weighted by molar-refractivity contribution is 0.112. The van der Waals surface area contributed by atoms with Gasteiger partial charge in [0.15, 0.2) is 6.29 Å². The van der Waals surface area contributed by atoms with Crippen LogP contribution < -0.4 is 0 Å². The summed E-state index contributed by atoms with van der Waals surface area (Å²) in [4.78, 5) is 15.8. The Balaban J connectivity index is 2.54. The van der Waals surface area contributed by atoms with Crippen molar-refractivity contribution in [2.75, 3.05) is 0 Å². The first-order chi connectivity index (χ1) is 9.22. The average Bonchev–Trinajstić information content (AvgIpc) is 2.91. The number of fused-ring (bicyclic) bond motifs is 1. The van der Waals surface area contributed by atoms with E-state index in [-0.39, 0.29) is 0 Å². The van der Waals surface area contributed by atoms with Crippen LogP contribution in [-0.2, 0) is 0 Å². The molecule has 0 saturated heterocycles. The smallest absolute Gasteiger partial charge is 0.152 e. The number of hydrogen-bond acceptors (Lipinski definition) is 4. The number of aryl methyl sites for hydroxylation is 1. The molecule has 0 bridgehead atoms. The zero-order valence-electron chi connectivity index (χ0n) is 10.1. The van der Waals surface area contributed by atoms with Crippen LogP contribution in [-0.4, -0.2) is 15.6 Å². The maximum Gasteiger partial charge on any atom is 0.152 e. The largest absolute Gasteiger partial charge is 0.298 e. The molecule has 3 rings (SSSR count). The van der Waals surface area contributed by atoms with Crippen LogP contribution in [0.1, 0.15) is 16.1 Å². The van der Waals surface area contributed by atoms with Crippen molar-refractivity contribution in [3.05, 3.63) is 45.9 Å². The molecule has 1 aromatic carbocycles. The molecule has 0 aliphatic carbocycles. The maximum atomic E-state index is 11.4. The highest BCUT2D eigenvalue weighted by Crippen LogP contribution is 2.35. The summed E-state index contributed by atoms with van der Waals surface area (Å²) < 4.78 is 4.32. The third kappa shape index (κ3) is 1.93. The Labute approximate surface area is 119 Å². The molecule has 0 saturated carbocycles. The fourth-order valence-corrected chi connectivity index (χ4v) is 2.94. The minimum absolute atomic E-state index is 0.548. The molecule has 2 aromatic heterocycles. The molecule has 0 atom stereocenters. The summed E-state index contributed by atoms with van der Waals surface area (Å²) in [6.07, 6.45) is 0.819. The van der Waals surface area contributed by atoms with Crippen molar-refractivity contribution in [3.63, 3.8) is 0 Å². The van der Waals surface area contributed by atoms with Crippen LogP contribution in [0, 0.1) is 6.92 Å². The van der Waals surface area contributed by atoms with Crippen LogP contribution in [0.3, 0.4) is 0 Å². The van der Waals surface area contributed by atoms with E-state index in [0.717, 1.165) is 28.4 Å². The lowest BCUT2D eigenvalue weighted by Crippen LogP contribution is -1.98. The highest BCUT2D eigenvalue weighted by molar-refractivity contribution is 7.03. The summed E-state index contributed by atoms with van der Waals surface area (Å²) in [6, 6.07) is 7.42. The molecule has 5 heteroatoms. The second-order valence-electron chi connectivity index (χ2n) is 4.12. The first-order valence-electron chi connectivity index (χ1n) is 5.67. The van der Waals surface area contributed by atoms with E-state index in [0.29, 0.717) is 16.3 Å². The van der Waals surface area contributed by atoms with E-state index in [4.69, 9.17) is 11.6 Å². The lowest BCUT2D eigenvalue weighted by atomic mass is 9.99. The van der Waals surface area contributed by atoms with E-state index >= 15 is 0 Å². The summed E-state index contributed by atoms with van der Waals surface area (Å²) in [5, 5.41) is 3.24. The molecular weight excluding hydrogens is 280 g/mol. The van der Waals surface area contributed by atoms with Crippen LogP contribution in [0.5, 0.6) is 0 Å². The molecule has 0 fully saturated rings. The van der Waals surface area contributed by atoms with E-state index in [1.807, 2.05) is 30.5 Å². The van der Waals surface area contributed by atoms with Crippen LogP contribution in [0.4, 0.5) is 0 Å². The number of aromatic nitrogens is 2. The molecule has 3 nitrogen and oxygen atoms in total. The molecule has 3 aromatic rings. The van der Waals surface area contributed by atoms with Gasteiger partial charge in [-0.15, -0.1) is 0 Å². The zero-order chi connectivity index (χ0) is 13.4. The summed E-state index contributed by atoms with van der Waals surface area (Å²) in [5.41, 5.74) is 3.54. The molecule has 2 heterocycles. The average molecular weight is 289 g/mol. The summed E-state index contributed by atoms with van der Waals surface area (Å²) in [7, 11) is 0. The van der Waals surface area contributed by atoms with Crippen LogP contribution >= 0.6 is 23.1 Å². The van der Waals surface area contributed by atoms with E-state index in [9.17, 15) is 4.79 Å². The third-order valence-corrected chi connectivity index (χ3v) is 3.88. The van der Waals surface area contributed by atoms with Crippen LogP contribution in [0.2, 0.25) is 5.02 Å². The van der Waals surface area contributed by atoms with Gasteiger partial charge in [-0.2, -0.15) is 4.37 Å². The van der Waals surface area contributed by atoms with E-state index in [1.165, 1.54) is 11.5 Å². The molecule has 0 N–H and O–H groups in total. The van der Waals surface area contributed by atoms with Gasteiger partial charge in [0.2, 0.25) is 0 Å². The Bertz CT molecular complexity index is 769. The molecule has 0 amide bonds. The predicted octanol–water partition coefficient (Wildman–Crippen LogP) is 4.13. The van der Waals surface area contributed by atoms with E-state index in [2.05, 4.69) is 9.36 Å². The maximum absolute atomic E-state index is 11.4. The SMILES string of the molecule is Cc1nc2cccc(Cl)c2c(-c2ccsn2)c1C=O. The first kappa shape index (κ1) is 12.3. The van der Waals surface area contributed by atoms with Gasteiger partial charge in [-0.3, -0.25) is 9.78 Å². The molecule has 94 valence electrons. The molecule has 0 aliphatic heterocycles. The Kier molecular flexibility index (Phi) is 3.05. The Morgan fingerprint density at radius 3 is 2.84 bits per heavy atom. The molecule has 0 spiro atoms. The van der Waals surface area contributed by atoms with E-state index < -0.39 is 0 Å². The third-order valence-electron chi connectivity index (χ3n) is 3.00. The summed E-state index contributed by atoms with van der Waals surface area (Å²) in [5.74, 6) is 0. The number of pyridine rings is 1. The fraction of sp³-hybridized carbons (Fsp3) is 0.0714. The minimum Gasteiger partial charge on any atom is -0.298 e. The zero-order valence-corrected chi connectivity index (χ0v) is 11.6. The summed E-state index contributed by atoms with van der Waals surface area (Å²) in [6.45, 7) is 1.82. The molecule has 0 unspecified atom stereocenters. The van der Waals surface area contributed by atoms with Gasteiger partial charge in [0.05, 0.1) is 16.2 Å². The van der Waals surface area contributed by atoms with Gasteiger partial charge in [0.1, 0.15) is 0 Å². The van der Waals surface area contributed by atoms with E-state index in [1.54, 1.807) is 6.07 Å². The Morgan fingerprint density at radius 1 is 1.32 bits per heavy atom. The topological polar surface area (TPSA) is 42.9 Å². The van der Waals surface area contributed by atoms with Gasteiger partial charge >= 0.3 is 0 Å². The molecule has 0 radical (unpaired) electrons. The minimum atomic E-state index is 0.548. The number of rotatable bonds is 2. The van der Waals surface area contributed by atoms with Gasteiger partial charge in [-0.25, -0.2) is 0 Å². The number of halogens is 1. The second-order valence-corrected chi connectivity index (χ2v) is 5.20.